The van der Waals surface area contributed by atoms with E-state index in [1.165, 1.54) is 0 Å². The zero-order chi connectivity index (χ0) is 19.1. The summed E-state index contributed by atoms with van der Waals surface area (Å²) in [5.41, 5.74) is 3.02. The first-order valence-corrected chi connectivity index (χ1v) is 8.91. The number of hydrogen-bond acceptors (Lipinski definition) is 3. The van der Waals surface area contributed by atoms with Crippen molar-refractivity contribution in [2.45, 2.75) is 20.8 Å². The van der Waals surface area contributed by atoms with E-state index < -0.39 is 0 Å². The Labute approximate surface area is 159 Å². The minimum atomic E-state index is -0.162. The van der Waals surface area contributed by atoms with E-state index in [4.69, 9.17) is 11.6 Å². The van der Waals surface area contributed by atoms with Crippen molar-refractivity contribution >= 4 is 34.8 Å². The molecular formula is C20H24ClN3O2. The largest absolute Gasteiger partial charge is 0.376 e. The summed E-state index contributed by atoms with van der Waals surface area (Å²) < 4.78 is 0. The van der Waals surface area contributed by atoms with E-state index in [9.17, 15) is 9.59 Å². The molecule has 0 aliphatic carbocycles. The maximum absolute atomic E-state index is 12.1. The quantitative estimate of drug-likeness (QED) is 0.684. The lowest BCUT2D eigenvalue weighted by Gasteiger charge is -2.12. The number of carbonyl (C=O) groups is 2. The molecule has 0 atom stereocenters. The van der Waals surface area contributed by atoms with Crippen molar-refractivity contribution in [3.05, 3.63) is 58.6 Å². The Morgan fingerprint density at radius 1 is 1.08 bits per heavy atom. The summed E-state index contributed by atoms with van der Waals surface area (Å²) in [6.45, 7) is 6.77. The Morgan fingerprint density at radius 2 is 1.77 bits per heavy atom. The van der Waals surface area contributed by atoms with Crippen LogP contribution in [0, 0.1) is 12.8 Å². The second-order valence-corrected chi connectivity index (χ2v) is 6.98. The van der Waals surface area contributed by atoms with Crippen LogP contribution in [0.4, 0.5) is 11.4 Å². The van der Waals surface area contributed by atoms with E-state index in [1.807, 2.05) is 32.9 Å². The molecule has 0 heterocycles. The van der Waals surface area contributed by atoms with Gasteiger partial charge < -0.3 is 16.0 Å². The van der Waals surface area contributed by atoms with Crippen molar-refractivity contribution < 1.29 is 9.59 Å². The first-order valence-electron chi connectivity index (χ1n) is 8.53. The summed E-state index contributed by atoms with van der Waals surface area (Å²) in [6, 6.07) is 12.3. The maximum Gasteiger partial charge on any atom is 0.251 e. The molecule has 0 radical (unpaired) electrons. The van der Waals surface area contributed by atoms with Gasteiger partial charge in [0.25, 0.3) is 5.91 Å². The summed E-state index contributed by atoms with van der Waals surface area (Å²) in [4.78, 5) is 24.1. The van der Waals surface area contributed by atoms with E-state index in [0.29, 0.717) is 28.7 Å². The molecule has 0 saturated carbocycles. The fraction of sp³-hybridized carbons (Fsp3) is 0.300. The van der Waals surface area contributed by atoms with Crippen molar-refractivity contribution in [3.63, 3.8) is 0 Å². The van der Waals surface area contributed by atoms with Gasteiger partial charge in [0.1, 0.15) is 0 Å². The molecule has 0 aliphatic heterocycles. The lowest BCUT2D eigenvalue weighted by molar-refractivity contribution is -0.114. The van der Waals surface area contributed by atoms with E-state index >= 15 is 0 Å². The molecule has 3 N–H and O–H groups in total. The van der Waals surface area contributed by atoms with E-state index in [2.05, 4.69) is 16.0 Å². The number of halogens is 1. The predicted octanol–water partition coefficient (Wildman–Crippen LogP) is 4.08. The van der Waals surface area contributed by atoms with Crippen LogP contribution < -0.4 is 16.0 Å². The molecule has 0 spiro atoms. The maximum atomic E-state index is 12.1. The summed E-state index contributed by atoms with van der Waals surface area (Å²) in [5, 5.41) is 9.40. The molecule has 0 aromatic heterocycles. The highest BCUT2D eigenvalue weighted by atomic mass is 35.5. The number of aryl methyl sites for hydroxylation is 1. The molecule has 5 nitrogen and oxygen atoms in total. The van der Waals surface area contributed by atoms with Crippen LogP contribution in [0.1, 0.15) is 29.8 Å². The molecule has 2 rings (SSSR count). The average molecular weight is 374 g/mol. The van der Waals surface area contributed by atoms with Gasteiger partial charge in [-0.25, -0.2) is 0 Å². The average Bonchev–Trinajstić information content (AvgIpc) is 2.60. The molecule has 0 unspecified atom stereocenters. The smallest absolute Gasteiger partial charge is 0.251 e. The molecule has 2 aromatic rings. The van der Waals surface area contributed by atoms with Crippen LogP contribution in [0.25, 0.3) is 0 Å². The summed E-state index contributed by atoms with van der Waals surface area (Å²) in [5.74, 6) is 0.152. The van der Waals surface area contributed by atoms with E-state index in [0.717, 1.165) is 11.3 Å². The lowest BCUT2D eigenvalue weighted by Crippen LogP contribution is -2.27. The second kappa shape index (κ2) is 9.25. The third-order valence-corrected chi connectivity index (χ3v) is 3.98. The number of nitrogens with one attached hydrogen (secondary N) is 3. The van der Waals surface area contributed by atoms with E-state index in [-0.39, 0.29) is 18.4 Å². The SMILES string of the molecule is Cc1cc(C(=O)NCC(C)C)ccc1NCC(=O)Nc1ccc(Cl)cc1. The van der Waals surface area contributed by atoms with Crippen molar-refractivity contribution in [2.75, 3.05) is 23.7 Å². The third kappa shape index (κ3) is 6.08. The van der Waals surface area contributed by atoms with Crippen LogP contribution in [0.3, 0.4) is 0 Å². The Kier molecular flexibility index (Phi) is 7.04. The fourth-order valence-corrected chi connectivity index (χ4v) is 2.44. The van der Waals surface area contributed by atoms with Gasteiger partial charge in [-0.15, -0.1) is 0 Å². The molecular weight excluding hydrogens is 350 g/mol. The van der Waals surface area contributed by atoms with Crippen LogP contribution in [0.15, 0.2) is 42.5 Å². The second-order valence-electron chi connectivity index (χ2n) is 6.54. The van der Waals surface area contributed by atoms with Gasteiger partial charge in [0.15, 0.2) is 0 Å². The van der Waals surface area contributed by atoms with E-state index in [1.54, 1.807) is 30.3 Å². The molecule has 0 fully saturated rings. The molecule has 0 aliphatic rings. The standard InChI is InChI=1S/C20H24ClN3O2/c1-13(2)11-23-20(26)15-4-9-18(14(3)10-15)22-12-19(25)24-17-7-5-16(21)6-8-17/h4-10,13,22H,11-12H2,1-3H3,(H,23,26)(H,24,25). The van der Waals surface area contributed by atoms with Gasteiger partial charge in [0.05, 0.1) is 6.54 Å². The normalized spacial score (nSPS) is 10.5. The van der Waals surface area contributed by atoms with Gasteiger partial charge in [-0.2, -0.15) is 0 Å². The van der Waals surface area contributed by atoms with Crippen molar-refractivity contribution in [1.82, 2.24) is 5.32 Å². The van der Waals surface area contributed by atoms with Crippen LogP contribution in [0.2, 0.25) is 5.02 Å². The highest BCUT2D eigenvalue weighted by Gasteiger charge is 2.09. The zero-order valence-electron chi connectivity index (χ0n) is 15.2. The van der Waals surface area contributed by atoms with Crippen LogP contribution >= 0.6 is 11.6 Å². The number of hydrogen-bond donors (Lipinski definition) is 3. The van der Waals surface area contributed by atoms with Crippen LogP contribution in [0.5, 0.6) is 0 Å². The first kappa shape index (κ1) is 19.8. The first-order chi connectivity index (χ1) is 12.3. The Balaban J connectivity index is 1.90. The number of amides is 2. The zero-order valence-corrected chi connectivity index (χ0v) is 16.0. The summed E-state index contributed by atoms with van der Waals surface area (Å²) in [6.07, 6.45) is 0. The molecule has 0 saturated heterocycles. The molecule has 26 heavy (non-hydrogen) atoms. The Bertz CT molecular complexity index is 773. The van der Waals surface area contributed by atoms with Crippen molar-refractivity contribution in [2.24, 2.45) is 5.92 Å². The number of anilines is 2. The van der Waals surface area contributed by atoms with Crippen molar-refractivity contribution in [3.8, 4) is 0 Å². The number of rotatable bonds is 7. The van der Waals surface area contributed by atoms with Crippen molar-refractivity contribution in [1.29, 1.82) is 0 Å². The van der Waals surface area contributed by atoms with Gasteiger partial charge in [-0.1, -0.05) is 25.4 Å². The van der Waals surface area contributed by atoms with Crippen LogP contribution in [-0.2, 0) is 4.79 Å². The summed E-state index contributed by atoms with van der Waals surface area (Å²) in [7, 11) is 0. The highest BCUT2D eigenvalue weighted by molar-refractivity contribution is 6.30. The van der Waals surface area contributed by atoms with Gasteiger partial charge in [-0.3, -0.25) is 9.59 Å². The summed E-state index contributed by atoms with van der Waals surface area (Å²) >= 11 is 5.82. The number of benzene rings is 2. The number of carbonyl (C=O) groups excluding carboxylic acids is 2. The van der Waals surface area contributed by atoms with Gasteiger partial charge in [-0.05, 0) is 60.9 Å². The Morgan fingerprint density at radius 3 is 2.38 bits per heavy atom. The molecule has 2 aromatic carbocycles. The third-order valence-electron chi connectivity index (χ3n) is 3.73. The topological polar surface area (TPSA) is 70.2 Å². The Hall–Kier alpha value is -2.53. The minimum absolute atomic E-state index is 0.0890. The molecule has 0 bridgehead atoms. The van der Waals surface area contributed by atoms with Gasteiger partial charge >= 0.3 is 0 Å². The lowest BCUT2D eigenvalue weighted by atomic mass is 10.1. The van der Waals surface area contributed by atoms with Crippen LogP contribution in [-0.4, -0.2) is 24.9 Å². The molecule has 2 amide bonds. The molecule has 6 heteroatoms. The predicted molar refractivity (Wildman–Crippen MR) is 107 cm³/mol. The molecule has 138 valence electrons. The van der Waals surface area contributed by atoms with Gasteiger partial charge in [0.2, 0.25) is 5.91 Å². The fourth-order valence-electron chi connectivity index (χ4n) is 2.32. The minimum Gasteiger partial charge on any atom is -0.376 e. The highest BCUT2D eigenvalue weighted by Crippen LogP contribution is 2.17. The van der Waals surface area contributed by atoms with Gasteiger partial charge in [0, 0.05) is 28.5 Å². The monoisotopic (exact) mass is 373 g/mol.